The summed E-state index contributed by atoms with van der Waals surface area (Å²) in [6, 6.07) is 5.60. The second kappa shape index (κ2) is 4.51. The lowest BCUT2D eigenvalue weighted by molar-refractivity contribution is -0.384. The number of rotatable bonds is 2. The summed E-state index contributed by atoms with van der Waals surface area (Å²) in [6.45, 7) is 3.41. The van der Waals surface area contributed by atoms with E-state index in [4.69, 9.17) is 0 Å². The van der Waals surface area contributed by atoms with E-state index in [0.717, 1.165) is 0 Å². The Hall–Kier alpha value is -1.73. The summed E-state index contributed by atoms with van der Waals surface area (Å²) in [4.78, 5) is 10.6. The third-order valence-electron chi connectivity index (χ3n) is 2.92. The molecule has 2 atom stereocenters. The first kappa shape index (κ1) is 12.7. The summed E-state index contributed by atoms with van der Waals surface area (Å²) < 4.78 is 13.4. The molecule has 0 saturated heterocycles. The molecule has 0 fully saturated rings. The first-order chi connectivity index (χ1) is 8.43. The van der Waals surface area contributed by atoms with Crippen LogP contribution < -0.4 is 4.31 Å². The summed E-state index contributed by atoms with van der Waals surface area (Å²) in [5.74, 6) is 0. The quantitative estimate of drug-likeness (QED) is 0.653. The van der Waals surface area contributed by atoms with Gasteiger partial charge in [0.15, 0.2) is 17.2 Å². The second-order valence-electron chi connectivity index (χ2n) is 3.96. The van der Waals surface area contributed by atoms with Crippen molar-refractivity contribution in [3.63, 3.8) is 0 Å². The standard InChI is InChI=1S/C11H12N2O4S/c1-7-8(2)18(17)12(11(7)14)9-3-5-10(6-4-9)13(15)16/h3-6,11,14H,1-2H3/t11-,18?/m1/s1. The smallest absolute Gasteiger partial charge is 0.269 e. The normalized spacial score (nSPS) is 23.6. The Kier molecular flexibility index (Phi) is 3.18. The molecule has 0 spiro atoms. The molecule has 7 heteroatoms. The van der Waals surface area contributed by atoms with Gasteiger partial charge in [0, 0.05) is 17.0 Å². The molecule has 0 saturated carbocycles. The van der Waals surface area contributed by atoms with Crippen molar-refractivity contribution in [3.05, 3.63) is 44.9 Å². The van der Waals surface area contributed by atoms with Gasteiger partial charge in [-0.05, 0) is 31.6 Å². The average molecular weight is 268 g/mol. The predicted molar refractivity (Wildman–Crippen MR) is 68.1 cm³/mol. The van der Waals surface area contributed by atoms with Crippen LogP contribution in [0.25, 0.3) is 0 Å². The lowest BCUT2D eigenvalue weighted by Gasteiger charge is -2.21. The minimum absolute atomic E-state index is 0.0420. The van der Waals surface area contributed by atoms with Crippen LogP contribution in [0.3, 0.4) is 0 Å². The Morgan fingerprint density at radius 1 is 1.33 bits per heavy atom. The number of allylic oxidation sites excluding steroid dienone is 1. The van der Waals surface area contributed by atoms with E-state index >= 15 is 0 Å². The minimum Gasteiger partial charge on any atom is -0.369 e. The van der Waals surface area contributed by atoms with Gasteiger partial charge in [-0.2, -0.15) is 0 Å². The van der Waals surface area contributed by atoms with E-state index in [9.17, 15) is 19.4 Å². The van der Waals surface area contributed by atoms with Gasteiger partial charge in [0.25, 0.3) is 5.69 Å². The zero-order valence-electron chi connectivity index (χ0n) is 9.86. The summed E-state index contributed by atoms with van der Waals surface area (Å²) in [5.41, 5.74) is 1.09. The van der Waals surface area contributed by atoms with Crippen molar-refractivity contribution in [1.82, 2.24) is 0 Å². The fourth-order valence-electron chi connectivity index (χ4n) is 1.69. The molecule has 1 aromatic carbocycles. The number of non-ortho nitro benzene ring substituents is 1. The van der Waals surface area contributed by atoms with E-state index in [1.165, 1.54) is 28.6 Å². The SMILES string of the molecule is CC1=C(C)S(=O)N(c2ccc([N+](=O)[O-])cc2)[C@@H]1O. The lowest BCUT2D eigenvalue weighted by Crippen LogP contribution is -2.31. The van der Waals surface area contributed by atoms with Crippen molar-refractivity contribution in [1.29, 1.82) is 0 Å². The zero-order chi connectivity index (χ0) is 13.4. The highest BCUT2D eigenvalue weighted by atomic mass is 32.2. The van der Waals surface area contributed by atoms with Crippen LogP contribution in [0.1, 0.15) is 13.8 Å². The molecule has 18 heavy (non-hydrogen) atoms. The summed E-state index contributed by atoms with van der Waals surface area (Å²) >= 11 is 0. The first-order valence-electron chi connectivity index (χ1n) is 5.24. The van der Waals surface area contributed by atoms with Gasteiger partial charge in [-0.25, -0.2) is 4.21 Å². The number of aliphatic hydroxyl groups excluding tert-OH is 1. The zero-order valence-corrected chi connectivity index (χ0v) is 10.7. The van der Waals surface area contributed by atoms with E-state index in [-0.39, 0.29) is 5.69 Å². The fourth-order valence-corrected chi connectivity index (χ4v) is 3.02. The molecule has 2 rings (SSSR count). The van der Waals surface area contributed by atoms with Crippen molar-refractivity contribution in [2.75, 3.05) is 4.31 Å². The van der Waals surface area contributed by atoms with Crippen LogP contribution in [0, 0.1) is 10.1 Å². The molecule has 0 radical (unpaired) electrons. The van der Waals surface area contributed by atoms with E-state index in [2.05, 4.69) is 0 Å². The molecule has 0 aromatic heterocycles. The monoisotopic (exact) mass is 268 g/mol. The Morgan fingerprint density at radius 2 is 1.89 bits per heavy atom. The highest BCUT2D eigenvalue weighted by molar-refractivity contribution is 7.90. The van der Waals surface area contributed by atoms with Crippen molar-refractivity contribution in [2.24, 2.45) is 0 Å². The third-order valence-corrected chi connectivity index (χ3v) is 4.53. The number of aliphatic hydroxyl groups is 1. The molecule has 96 valence electrons. The van der Waals surface area contributed by atoms with Crippen molar-refractivity contribution < 1.29 is 14.2 Å². The van der Waals surface area contributed by atoms with Crippen LogP contribution in [0.15, 0.2) is 34.7 Å². The fraction of sp³-hybridized carbons (Fsp3) is 0.273. The molecule has 1 aliphatic heterocycles. The molecule has 6 nitrogen and oxygen atoms in total. The number of anilines is 1. The van der Waals surface area contributed by atoms with Crippen LogP contribution in [0.5, 0.6) is 0 Å². The van der Waals surface area contributed by atoms with E-state index in [1.807, 2.05) is 0 Å². The third kappa shape index (κ3) is 1.91. The van der Waals surface area contributed by atoms with Crippen LogP contribution in [-0.4, -0.2) is 20.5 Å². The molecule has 1 unspecified atom stereocenters. The molecule has 1 N–H and O–H groups in total. The van der Waals surface area contributed by atoms with Crippen molar-refractivity contribution in [3.8, 4) is 0 Å². The molecular formula is C11H12N2O4S. The second-order valence-corrected chi connectivity index (χ2v) is 5.47. The number of benzene rings is 1. The Bertz CT molecular complexity index is 553. The number of nitro groups is 1. The topological polar surface area (TPSA) is 83.7 Å². The number of nitrogens with zero attached hydrogens (tertiary/aromatic N) is 2. The first-order valence-corrected chi connectivity index (χ1v) is 6.35. The molecule has 0 amide bonds. The highest BCUT2D eigenvalue weighted by Gasteiger charge is 2.33. The van der Waals surface area contributed by atoms with Crippen LogP contribution in [0.2, 0.25) is 0 Å². The van der Waals surface area contributed by atoms with Gasteiger partial charge >= 0.3 is 0 Å². The Morgan fingerprint density at radius 3 is 2.28 bits per heavy atom. The predicted octanol–water partition coefficient (Wildman–Crippen LogP) is 1.69. The molecule has 0 aliphatic carbocycles. The van der Waals surface area contributed by atoms with Gasteiger partial charge in [-0.3, -0.25) is 14.4 Å². The Balaban J connectivity index is 2.34. The maximum Gasteiger partial charge on any atom is 0.269 e. The number of hydrogen-bond donors (Lipinski definition) is 1. The van der Waals surface area contributed by atoms with Gasteiger partial charge in [0.1, 0.15) is 0 Å². The molecule has 0 bridgehead atoms. The summed E-state index contributed by atoms with van der Waals surface area (Å²) in [6.07, 6.45) is -0.952. The minimum atomic E-state index is -1.44. The van der Waals surface area contributed by atoms with E-state index in [1.54, 1.807) is 13.8 Å². The largest absolute Gasteiger partial charge is 0.369 e. The van der Waals surface area contributed by atoms with Crippen molar-refractivity contribution in [2.45, 2.75) is 20.1 Å². The maximum absolute atomic E-state index is 12.0. The Labute approximate surface area is 106 Å². The van der Waals surface area contributed by atoms with Gasteiger partial charge in [0.2, 0.25) is 0 Å². The van der Waals surface area contributed by atoms with Crippen LogP contribution in [0.4, 0.5) is 11.4 Å². The molecule has 1 aliphatic rings. The molecule has 1 aromatic rings. The van der Waals surface area contributed by atoms with E-state index in [0.29, 0.717) is 16.2 Å². The van der Waals surface area contributed by atoms with Gasteiger partial charge in [-0.15, -0.1) is 0 Å². The highest BCUT2D eigenvalue weighted by Crippen LogP contribution is 2.33. The number of nitro benzene ring substituents is 1. The number of hydrogen-bond acceptors (Lipinski definition) is 4. The van der Waals surface area contributed by atoms with Crippen LogP contribution in [-0.2, 0) is 11.0 Å². The molecule has 1 heterocycles. The average Bonchev–Trinajstić information content (AvgIpc) is 2.54. The molecular weight excluding hydrogens is 256 g/mol. The maximum atomic E-state index is 12.0. The lowest BCUT2D eigenvalue weighted by atomic mass is 10.2. The van der Waals surface area contributed by atoms with Gasteiger partial charge in [0.05, 0.1) is 10.6 Å². The van der Waals surface area contributed by atoms with Crippen LogP contribution >= 0.6 is 0 Å². The van der Waals surface area contributed by atoms with E-state index < -0.39 is 22.1 Å². The van der Waals surface area contributed by atoms with Gasteiger partial charge < -0.3 is 5.11 Å². The van der Waals surface area contributed by atoms with Crippen molar-refractivity contribution >= 4 is 22.4 Å². The summed E-state index contributed by atoms with van der Waals surface area (Å²) in [7, 11) is -1.44. The summed E-state index contributed by atoms with van der Waals surface area (Å²) in [5, 5.41) is 20.5. The van der Waals surface area contributed by atoms with Gasteiger partial charge in [-0.1, -0.05) is 0 Å².